The van der Waals surface area contributed by atoms with Gasteiger partial charge < -0.3 is 4.74 Å². The molecule has 4 nitrogen and oxygen atoms in total. The Morgan fingerprint density at radius 2 is 1.72 bits per heavy atom. The molecule has 130 valence electrons. The SMILES string of the molecule is CCc1ccc(-c2nc(CS(=O)(=O)c3ccc(OC)cc3)cs2)cc1. The van der Waals surface area contributed by atoms with Gasteiger partial charge in [0.1, 0.15) is 10.8 Å². The van der Waals surface area contributed by atoms with Crippen molar-refractivity contribution in [3.8, 4) is 16.3 Å². The van der Waals surface area contributed by atoms with Crippen LogP contribution in [0.3, 0.4) is 0 Å². The van der Waals surface area contributed by atoms with Gasteiger partial charge in [-0.1, -0.05) is 31.2 Å². The van der Waals surface area contributed by atoms with Gasteiger partial charge in [0, 0.05) is 10.9 Å². The van der Waals surface area contributed by atoms with Crippen molar-refractivity contribution in [3.63, 3.8) is 0 Å². The number of aryl methyl sites for hydroxylation is 1. The number of sulfone groups is 1. The molecule has 0 saturated carbocycles. The molecule has 0 aliphatic carbocycles. The van der Waals surface area contributed by atoms with Crippen molar-refractivity contribution >= 4 is 21.2 Å². The predicted octanol–water partition coefficient (Wildman–Crippen LogP) is 4.36. The lowest BCUT2D eigenvalue weighted by Gasteiger charge is -2.04. The number of aromatic nitrogens is 1. The van der Waals surface area contributed by atoms with Gasteiger partial charge in [0.15, 0.2) is 9.84 Å². The summed E-state index contributed by atoms with van der Waals surface area (Å²) in [5, 5.41) is 2.65. The minimum atomic E-state index is -3.43. The van der Waals surface area contributed by atoms with E-state index in [4.69, 9.17) is 4.74 Å². The average molecular weight is 373 g/mol. The van der Waals surface area contributed by atoms with Gasteiger partial charge in [-0.05, 0) is 36.2 Å². The molecular formula is C19H19NO3S2. The number of methoxy groups -OCH3 is 1. The summed E-state index contributed by atoms with van der Waals surface area (Å²) < 4.78 is 30.2. The quantitative estimate of drug-likeness (QED) is 0.644. The minimum absolute atomic E-state index is 0.108. The molecule has 0 fully saturated rings. The largest absolute Gasteiger partial charge is 0.497 e. The van der Waals surface area contributed by atoms with Gasteiger partial charge in [-0.15, -0.1) is 11.3 Å². The van der Waals surface area contributed by atoms with Crippen LogP contribution in [0.25, 0.3) is 10.6 Å². The van der Waals surface area contributed by atoms with Crippen molar-refractivity contribution in [3.05, 3.63) is 65.2 Å². The van der Waals surface area contributed by atoms with Crippen LogP contribution in [0.15, 0.2) is 58.8 Å². The zero-order chi connectivity index (χ0) is 17.9. The molecule has 0 bridgehead atoms. The lowest BCUT2D eigenvalue weighted by atomic mass is 10.1. The number of nitrogens with zero attached hydrogens (tertiary/aromatic N) is 1. The summed E-state index contributed by atoms with van der Waals surface area (Å²) in [5.74, 6) is 0.522. The van der Waals surface area contributed by atoms with E-state index >= 15 is 0 Å². The third-order valence-corrected chi connectivity index (χ3v) is 6.52. The molecule has 3 aromatic rings. The van der Waals surface area contributed by atoms with Gasteiger partial charge in [0.05, 0.1) is 23.5 Å². The first-order valence-corrected chi connectivity index (χ1v) is 10.5. The van der Waals surface area contributed by atoms with E-state index in [1.807, 2.05) is 17.5 Å². The smallest absolute Gasteiger partial charge is 0.184 e. The topological polar surface area (TPSA) is 56.3 Å². The number of ether oxygens (including phenoxy) is 1. The Kier molecular flexibility index (Phi) is 5.20. The van der Waals surface area contributed by atoms with Gasteiger partial charge in [0.2, 0.25) is 0 Å². The molecule has 0 atom stereocenters. The Labute approximate surface area is 152 Å². The van der Waals surface area contributed by atoms with Crippen molar-refractivity contribution in [2.45, 2.75) is 24.0 Å². The molecule has 0 N–H and O–H groups in total. The first-order valence-electron chi connectivity index (χ1n) is 7.92. The number of rotatable bonds is 6. The van der Waals surface area contributed by atoms with E-state index in [0.717, 1.165) is 17.0 Å². The minimum Gasteiger partial charge on any atom is -0.497 e. The maximum Gasteiger partial charge on any atom is 0.184 e. The van der Waals surface area contributed by atoms with E-state index in [1.165, 1.54) is 16.9 Å². The fourth-order valence-electron chi connectivity index (χ4n) is 2.45. The van der Waals surface area contributed by atoms with E-state index in [1.54, 1.807) is 31.4 Å². The molecule has 25 heavy (non-hydrogen) atoms. The van der Waals surface area contributed by atoms with Crippen molar-refractivity contribution in [2.24, 2.45) is 0 Å². The molecule has 0 unspecified atom stereocenters. The maximum absolute atomic E-state index is 12.6. The lowest BCUT2D eigenvalue weighted by Crippen LogP contribution is -2.05. The monoisotopic (exact) mass is 373 g/mol. The fraction of sp³-hybridized carbons (Fsp3) is 0.211. The molecule has 1 aromatic heterocycles. The second-order valence-electron chi connectivity index (χ2n) is 5.63. The highest BCUT2D eigenvalue weighted by Crippen LogP contribution is 2.26. The molecule has 0 spiro atoms. The Balaban J connectivity index is 1.79. The number of hydrogen-bond acceptors (Lipinski definition) is 5. The molecule has 3 rings (SSSR count). The van der Waals surface area contributed by atoms with Crippen LogP contribution in [0.5, 0.6) is 5.75 Å². The van der Waals surface area contributed by atoms with Gasteiger partial charge in [-0.2, -0.15) is 0 Å². The Morgan fingerprint density at radius 3 is 2.32 bits per heavy atom. The number of hydrogen-bond donors (Lipinski definition) is 0. The molecule has 0 aliphatic rings. The maximum atomic E-state index is 12.6. The van der Waals surface area contributed by atoms with E-state index in [9.17, 15) is 8.42 Å². The molecule has 0 radical (unpaired) electrons. The lowest BCUT2D eigenvalue weighted by molar-refractivity contribution is 0.414. The summed E-state index contributed by atoms with van der Waals surface area (Å²) in [6.07, 6.45) is 0.990. The summed E-state index contributed by atoms with van der Waals surface area (Å²) in [7, 11) is -1.88. The van der Waals surface area contributed by atoms with Gasteiger partial charge in [0.25, 0.3) is 0 Å². The molecule has 0 saturated heterocycles. The van der Waals surface area contributed by atoms with Crippen LogP contribution in [0.2, 0.25) is 0 Å². The molecular weight excluding hydrogens is 354 g/mol. The van der Waals surface area contributed by atoms with Gasteiger partial charge in [-0.25, -0.2) is 13.4 Å². The Hall–Kier alpha value is -2.18. The van der Waals surface area contributed by atoms with Crippen LogP contribution in [0.4, 0.5) is 0 Å². The number of thiazole rings is 1. The van der Waals surface area contributed by atoms with Crippen molar-refractivity contribution in [1.82, 2.24) is 4.98 Å². The van der Waals surface area contributed by atoms with Crippen LogP contribution in [-0.4, -0.2) is 20.5 Å². The predicted molar refractivity (Wildman–Crippen MR) is 101 cm³/mol. The van der Waals surface area contributed by atoms with Crippen LogP contribution in [0.1, 0.15) is 18.2 Å². The molecule has 0 aliphatic heterocycles. The zero-order valence-electron chi connectivity index (χ0n) is 14.1. The summed E-state index contributed by atoms with van der Waals surface area (Å²) in [5.41, 5.74) is 2.84. The van der Waals surface area contributed by atoms with Crippen molar-refractivity contribution in [2.75, 3.05) is 7.11 Å². The first kappa shape index (κ1) is 17.6. The molecule has 1 heterocycles. The van der Waals surface area contributed by atoms with E-state index in [-0.39, 0.29) is 10.6 Å². The summed E-state index contributed by atoms with van der Waals surface area (Å²) in [6, 6.07) is 14.6. The van der Waals surface area contributed by atoms with E-state index < -0.39 is 9.84 Å². The second-order valence-corrected chi connectivity index (χ2v) is 8.48. The number of benzene rings is 2. The van der Waals surface area contributed by atoms with E-state index in [0.29, 0.717) is 11.4 Å². The van der Waals surface area contributed by atoms with E-state index in [2.05, 4.69) is 24.0 Å². The summed E-state index contributed by atoms with van der Waals surface area (Å²) in [4.78, 5) is 4.77. The normalized spacial score (nSPS) is 11.4. The third kappa shape index (κ3) is 4.08. The molecule has 6 heteroatoms. The van der Waals surface area contributed by atoms with Gasteiger partial charge in [-0.3, -0.25) is 0 Å². The standard InChI is InChI=1S/C19H19NO3S2/c1-3-14-4-6-15(7-5-14)19-20-16(12-24-19)13-25(21,22)18-10-8-17(23-2)9-11-18/h4-12H,3,13H2,1-2H3. The third-order valence-electron chi connectivity index (χ3n) is 3.92. The van der Waals surface area contributed by atoms with Crippen LogP contribution in [-0.2, 0) is 22.0 Å². The fourth-order valence-corrected chi connectivity index (χ4v) is 4.64. The Morgan fingerprint density at radius 1 is 1.04 bits per heavy atom. The zero-order valence-corrected chi connectivity index (χ0v) is 15.7. The molecule has 0 amide bonds. The van der Waals surface area contributed by atoms with Crippen LogP contribution >= 0.6 is 11.3 Å². The highest BCUT2D eigenvalue weighted by atomic mass is 32.2. The van der Waals surface area contributed by atoms with Crippen LogP contribution < -0.4 is 4.74 Å². The van der Waals surface area contributed by atoms with Crippen LogP contribution in [0, 0.1) is 0 Å². The highest BCUT2D eigenvalue weighted by Gasteiger charge is 2.18. The highest BCUT2D eigenvalue weighted by molar-refractivity contribution is 7.90. The first-order chi connectivity index (χ1) is 12.0. The molecule has 2 aromatic carbocycles. The average Bonchev–Trinajstić information content (AvgIpc) is 3.09. The van der Waals surface area contributed by atoms with Crippen molar-refractivity contribution in [1.29, 1.82) is 0 Å². The van der Waals surface area contributed by atoms with Gasteiger partial charge >= 0.3 is 0 Å². The second kappa shape index (κ2) is 7.37. The summed E-state index contributed by atoms with van der Waals surface area (Å²) in [6.45, 7) is 2.11. The Bertz CT molecular complexity index is 943. The summed E-state index contributed by atoms with van der Waals surface area (Å²) >= 11 is 1.46. The van der Waals surface area contributed by atoms with Crippen molar-refractivity contribution < 1.29 is 13.2 Å².